The first-order valence-electron chi connectivity index (χ1n) is 9.07. The van der Waals surface area contributed by atoms with E-state index in [-0.39, 0.29) is 5.83 Å². The van der Waals surface area contributed by atoms with Gasteiger partial charge in [0, 0.05) is 24.0 Å². The molecule has 0 saturated heterocycles. The van der Waals surface area contributed by atoms with Crippen molar-refractivity contribution in [3.05, 3.63) is 91.2 Å². The summed E-state index contributed by atoms with van der Waals surface area (Å²) in [7, 11) is 0. The molecule has 1 atom stereocenters. The molecule has 2 aliphatic heterocycles. The van der Waals surface area contributed by atoms with Crippen LogP contribution >= 0.6 is 0 Å². The molecule has 0 amide bonds. The van der Waals surface area contributed by atoms with Crippen LogP contribution in [-0.4, -0.2) is 28.2 Å². The van der Waals surface area contributed by atoms with Gasteiger partial charge in [0.15, 0.2) is 0 Å². The smallest absolute Gasteiger partial charge is 0.147 e. The van der Waals surface area contributed by atoms with Crippen molar-refractivity contribution in [1.29, 1.82) is 0 Å². The Morgan fingerprint density at radius 1 is 1.39 bits per heavy atom. The van der Waals surface area contributed by atoms with Crippen LogP contribution in [0, 0.1) is 5.92 Å². The third kappa shape index (κ3) is 5.87. The zero-order chi connectivity index (χ0) is 20.4. The van der Waals surface area contributed by atoms with Crippen molar-refractivity contribution in [3.8, 4) is 0 Å². The summed E-state index contributed by atoms with van der Waals surface area (Å²) in [6, 6.07) is 3.84. The Bertz CT molecular complexity index is 834. The van der Waals surface area contributed by atoms with Crippen LogP contribution in [0.2, 0.25) is 0 Å². The Labute approximate surface area is 166 Å². The van der Waals surface area contributed by atoms with Crippen molar-refractivity contribution in [3.63, 3.8) is 0 Å². The van der Waals surface area contributed by atoms with Gasteiger partial charge in [-0.15, -0.1) is 0 Å². The molecule has 0 bridgehead atoms. The standard InChI is InChI=1S/C17H18FN5.C5H8/c1-12(13(2)18)15-7-10-20-17-4-3-16(22-23(15)17)21-11-14-5-8-19-9-6-14;1-3-5-4-2/h3-9,12H,2,10-11H2,1H3,(H,21,22);3-5H,1H2,2H3/b;5-4-. The second-order valence-corrected chi connectivity index (χ2v) is 6.10. The van der Waals surface area contributed by atoms with Crippen molar-refractivity contribution in [1.82, 2.24) is 15.4 Å². The van der Waals surface area contributed by atoms with E-state index >= 15 is 0 Å². The van der Waals surface area contributed by atoms with Gasteiger partial charge in [-0.3, -0.25) is 20.4 Å². The SMILES string of the molecule is C=C(F)C(C)C1=CCN=C2C=CC(=NCc3ccncc3)NN12.C=C/C=C\C. The van der Waals surface area contributed by atoms with Crippen LogP contribution in [0.25, 0.3) is 0 Å². The number of halogens is 1. The average Bonchev–Trinajstić information content (AvgIpc) is 2.73. The van der Waals surface area contributed by atoms with Crippen molar-refractivity contribution < 1.29 is 4.39 Å². The van der Waals surface area contributed by atoms with E-state index in [4.69, 9.17) is 0 Å². The number of hydrogen-bond acceptors (Lipinski definition) is 4. The number of aromatic nitrogens is 1. The van der Waals surface area contributed by atoms with Crippen molar-refractivity contribution >= 4 is 11.7 Å². The van der Waals surface area contributed by atoms with E-state index < -0.39 is 5.92 Å². The maximum Gasteiger partial charge on any atom is 0.147 e. The number of hydrogen-bond donors (Lipinski definition) is 1. The van der Waals surface area contributed by atoms with Gasteiger partial charge in [-0.2, -0.15) is 0 Å². The topological polar surface area (TPSA) is 52.9 Å². The van der Waals surface area contributed by atoms with E-state index in [1.54, 1.807) is 30.4 Å². The summed E-state index contributed by atoms with van der Waals surface area (Å²) < 4.78 is 13.5. The molecule has 146 valence electrons. The highest BCUT2D eigenvalue weighted by molar-refractivity contribution is 6.07. The van der Waals surface area contributed by atoms with Crippen LogP contribution in [0.3, 0.4) is 0 Å². The molecule has 0 aromatic carbocycles. The number of aliphatic imine (C=N–C) groups is 2. The first-order valence-corrected chi connectivity index (χ1v) is 9.07. The molecule has 1 unspecified atom stereocenters. The van der Waals surface area contributed by atoms with E-state index in [1.165, 1.54) is 0 Å². The Balaban J connectivity index is 0.000000500. The van der Waals surface area contributed by atoms with Crippen LogP contribution in [-0.2, 0) is 6.54 Å². The van der Waals surface area contributed by atoms with Gasteiger partial charge in [0.05, 0.1) is 13.1 Å². The maximum atomic E-state index is 13.5. The highest BCUT2D eigenvalue weighted by Crippen LogP contribution is 2.25. The monoisotopic (exact) mass is 379 g/mol. The molecular formula is C22H26FN5. The largest absolute Gasteiger partial charge is 0.276 e. The number of allylic oxidation sites excluding steroid dienone is 4. The maximum absolute atomic E-state index is 13.5. The zero-order valence-electron chi connectivity index (χ0n) is 16.3. The lowest BCUT2D eigenvalue weighted by Gasteiger charge is -2.35. The second kappa shape index (κ2) is 10.8. The first kappa shape index (κ1) is 21.0. The predicted molar refractivity (Wildman–Crippen MR) is 114 cm³/mol. The lowest BCUT2D eigenvalue weighted by atomic mass is 10.0. The minimum atomic E-state index is -0.402. The van der Waals surface area contributed by atoms with Crippen LogP contribution in [0.15, 0.2) is 95.6 Å². The quantitative estimate of drug-likeness (QED) is 0.765. The van der Waals surface area contributed by atoms with Crippen LogP contribution in [0.5, 0.6) is 0 Å². The number of pyridine rings is 1. The minimum Gasteiger partial charge on any atom is -0.276 e. The zero-order valence-corrected chi connectivity index (χ0v) is 16.3. The number of nitrogens with one attached hydrogen (secondary N) is 1. The van der Waals surface area contributed by atoms with Gasteiger partial charge >= 0.3 is 0 Å². The normalized spacial score (nSPS) is 17.7. The summed E-state index contributed by atoms with van der Waals surface area (Å²) in [5.74, 6) is 0.675. The van der Waals surface area contributed by atoms with Crippen molar-refractivity contribution in [2.24, 2.45) is 15.9 Å². The van der Waals surface area contributed by atoms with Gasteiger partial charge in [0.2, 0.25) is 0 Å². The molecule has 3 heterocycles. The molecule has 0 fully saturated rings. The van der Waals surface area contributed by atoms with Crippen LogP contribution in [0.1, 0.15) is 19.4 Å². The number of amidine groups is 2. The Morgan fingerprint density at radius 3 is 2.75 bits per heavy atom. The Kier molecular flexibility index (Phi) is 8.09. The molecule has 5 nitrogen and oxygen atoms in total. The fraction of sp³-hybridized carbons (Fsp3) is 0.227. The molecule has 0 spiro atoms. The number of nitrogens with zero attached hydrogens (tertiary/aromatic N) is 4. The van der Waals surface area contributed by atoms with Crippen molar-refractivity contribution in [2.75, 3.05) is 6.54 Å². The molecule has 3 rings (SSSR count). The highest BCUT2D eigenvalue weighted by atomic mass is 19.1. The van der Waals surface area contributed by atoms with Gasteiger partial charge in [0.1, 0.15) is 17.5 Å². The third-order valence-corrected chi connectivity index (χ3v) is 4.08. The minimum absolute atomic E-state index is 0.371. The Morgan fingerprint density at radius 2 is 2.14 bits per heavy atom. The van der Waals surface area contributed by atoms with E-state index in [1.807, 2.05) is 49.4 Å². The van der Waals surface area contributed by atoms with Crippen LogP contribution < -0.4 is 5.43 Å². The summed E-state index contributed by atoms with van der Waals surface area (Å²) in [6.45, 7) is 11.7. The summed E-state index contributed by atoms with van der Waals surface area (Å²) in [4.78, 5) is 12.9. The van der Waals surface area contributed by atoms with Gasteiger partial charge in [-0.1, -0.05) is 38.3 Å². The van der Waals surface area contributed by atoms with Gasteiger partial charge in [-0.05, 0) is 42.8 Å². The molecule has 1 aromatic heterocycles. The van der Waals surface area contributed by atoms with Gasteiger partial charge < -0.3 is 0 Å². The van der Waals surface area contributed by atoms with E-state index in [0.717, 1.165) is 17.1 Å². The fourth-order valence-corrected chi connectivity index (χ4v) is 2.50. The van der Waals surface area contributed by atoms with E-state index in [9.17, 15) is 4.39 Å². The molecule has 2 aliphatic rings. The molecule has 0 saturated carbocycles. The lowest BCUT2D eigenvalue weighted by Crippen LogP contribution is -2.49. The van der Waals surface area contributed by atoms with E-state index in [0.29, 0.717) is 18.9 Å². The third-order valence-electron chi connectivity index (χ3n) is 4.08. The molecule has 1 N–H and O–H groups in total. The summed E-state index contributed by atoms with van der Waals surface area (Å²) in [6.07, 6.45) is 14.7. The average molecular weight is 379 g/mol. The van der Waals surface area contributed by atoms with E-state index in [2.05, 4.69) is 33.6 Å². The molecule has 6 heteroatoms. The molecule has 1 aromatic rings. The summed E-state index contributed by atoms with van der Waals surface area (Å²) in [5.41, 5.74) is 5.05. The van der Waals surface area contributed by atoms with Gasteiger partial charge in [0.25, 0.3) is 0 Å². The number of fused-ring (bicyclic) bond motifs is 1. The van der Waals surface area contributed by atoms with Gasteiger partial charge in [-0.25, -0.2) is 9.40 Å². The van der Waals surface area contributed by atoms with Crippen LogP contribution in [0.4, 0.5) is 4.39 Å². The second-order valence-electron chi connectivity index (χ2n) is 6.10. The summed E-state index contributed by atoms with van der Waals surface area (Å²) in [5, 5.41) is 1.77. The lowest BCUT2D eigenvalue weighted by molar-refractivity contribution is 0.385. The number of hydrazine groups is 1. The predicted octanol–water partition coefficient (Wildman–Crippen LogP) is 4.52. The highest BCUT2D eigenvalue weighted by Gasteiger charge is 2.26. The fourth-order valence-electron chi connectivity index (χ4n) is 2.50. The number of rotatable bonds is 5. The Hall–Kier alpha value is -3.28. The molecule has 28 heavy (non-hydrogen) atoms. The molecular weight excluding hydrogens is 353 g/mol. The first-order chi connectivity index (χ1) is 13.6. The summed E-state index contributed by atoms with van der Waals surface area (Å²) >= 11 is 0. The van der Waals surface area contributed by atoms with Crippen molar-refractivity contribution in [2.45, 2.75) is 20.4 Å². The molecule has 0 radical (unpaired) electrons. The molecule has 0 aliphatic carbocycles.